The van der Waals surface area contributed by atoms with Crippen LogP contribution in [0.5, 0.6) is 5.88 Å². The molecule has 0 aliphatic carbocycles. The number of aromatic nitrogens is 1. The fourth-order valence-electron chi connectivity index (χ4n) is 2.68. The number of hydrogen-bond donors (Lipinski definition) is 1. The topological polar surface area (TPSA) is 34.1 Å². The van der Waals surface area contributed by atoms with E-state index in [0.717, 1.165) is 31.5 Å². The van der Waals surface area contributed by atoms with E-state index in [0.29, 0.717) is 12.1 Å². The van der Waals surface area contributed by atoms with Crippen LogP contribution in [0.3, 0.4) is 0 Å². The van der Waals surface area contributed by atoms with E-state index in [1.807, 2.05) is 0 Å². The third-order valence-corrected chi connectivity index (χ3v) is 3.58. The van der Waals surface area contributed by atoms with Crippen LogP contribution in [0, 0.1) is 0 Å². The van der Waals surface area contributed by atoms with Crippen LogP contribution >= 0.6 is 0 Å². The Morgan fingerprint density at radius 1 is 1.28 bits per heavy atom. The third-order valence-electron chi connectivity index (χ3n) is 3.58. The predicted molar refractivity (Wildman–Crippen MR) is 58.2 cm³/mol. The van der Waals surface area contributed by atoms with Gasteiger partial charge >= 0.3 is 6.18 Å². The molecule has 0 amide bonds. The summed E-state index contributed by atoms with van der Waals surface area (Å²) < 4.78 is 42.7. The van der Waals surface area contributed by atoms with E-state index in [4.69, 9.17) is 4.74 Å². The van der Waals surface area contributed by atoms with Crippen molar-refractivity contribution < 1.29 is 17.9 Å². The van der Waals surface area contributed by atoms with E-state index in [2.05, 4.69) is 10.3 Å². The molecule has 3 rings (SSSR count). The van der Waals surface area contributed by atoms with Crippen molar-refractivity contribution in [2.45, 2.75) is 43.6 Å². The van der Waals surface area contributed by atoms with Gasteiger partial charge in [-0.3, -0.25) is 0 Å². The van der Waals surface area contributed by atoms with E-state index in [1.54, 1.807) is 0 Å². The van der Waals surface area contributed by atoms with Gasteiger partial charge in [0, 0.05) is 30.8 Å². The molecular formula is C12H13F3N2O. The van der Waals surface area contributed by atoms with Gasteiger partial charge in [0.25, 0.3) is 0 Å². The summed E-state index contributed by atoms with van der Waals surface area (Å²) >= 11 is 0. The van der Waals surface area contributed by atoms with Crippen molar-refractivity contribution in [2.24, 2.45) is 0 Å². The Bertz CT molecular complexity index is 432. The van der Waals surface area contributed by atoms with E-state index in [-0.39, 0.29) is 12.0 Å². The lowest BCUT2D eigenvalue weighted by Crippen LogP contribution is -2.31. The zero-order valence-electron chi connectivity index (χ0n) is 9.57. The summed E-state index contributed by atoms with van der Waals surface area (Å²) in [5.74, 6) is 0.266. The lowest BCUT2D eigenvalue weighted by Gasteiger charge is -2.21. The number of rotatable bonds is 2. The summed E-state index contributed by atoms with van der Waals surface area (Å²) in [6, 6.07) is 3.10. The molecule has 1 aromatic heterocycles. The van der Waals surface area contributed by atoms with Gasteiger partial charge in [0.15, 0.2) is 0 Å². The first kappa shape index (κ1) is 11.8. The Kier molecular flexibility index (Phi) is 2.69. The molecule has 3 unspecified atom stereocenters. The summed E-state index contributed by atoms with van der Waals surface area (Å²) in [5.41, 5.74) is -0.749. The van der Waals surface area contributed by atoms with Gasteiger partial charge in [-0.15, -0.1) is 0 Å². The standard InChI is InChI=1S/C12H13F3N2O/c13-12(14,15)7-1-4-11(16-6-7)18-10-5-8-2-3-9(10)17-8/h1,4,6,8-10,17H,2-3,5H2. The molecule has 2 aliphatic heterocycles. The van der Waals surface area contributed by atoms with Crippen LogP contribution in [0.4, 0.5) is 13.2 Å². The summed E-state index contributed by atoms with van der Waals surface area (Å²) in [4.78, 5) is 3.72. The average molecular weight is 258 g/mol. The zero-order valence-corrected chi connectivity index (χ0v) is 9.57. The number of nitrogens with one attached hydrogen (secondary N) is 1. The largest absolute Gasteiger partial charge is 0.473 e. The third kappa shape index (κ3) is 2.16. The molecular weight excluding hydrogens is 245 g/mol. The normalized spacial score (nSPS) is 30.7. The van der Waals surface area contributed by atoms with Crippen LogP contribution in [0.15, 0.2) is 18.3 Å². The molecule has 3 heterocycles. The van der Waals surface area contributed by atoms with Crippen molar-refractivity contribution in [1.82, 2.24) is 10.3 Å². The minimum absolute atomic E-state index is 0.0352. The summed E-state index contributed by atoms with van der Waals surface area (Å²) in [6.07, 6.45) is -0.364. The number of alkyl halides is 3. The highest BCUT2D eigenvalue weighted by Crippen LogP contribution is 2.32. The molecule has 1 aromatic rings. The lowest BCUT2D eigenvalue weighted by atomic mass is 9.98. The molecule has 0 radical (unpaired) electrons. The number of pyridine rings is 1. The molecule has 2 bridgehead atoms. The van der Waals surface area contributed by atoms with Crippen molar-refractivity contribution in [2.75, 3.05) is 0 Å². The van der Waals surface area contributed by atoms with Gasteiger partial charge in [-0.1, -0.05) is 0 Å². The van der Waals surface area contributed by atoms with Gasteiger partial charge in [-0.05, 0) is 18.9 Å². The van der Waals surface area contributed by atoms with Crippen LogP contribution < -0.4 is 10.1 Å². The van der Waals surface area contributed by atoms with E-state index < -0.39 is 11.7 Å². The molecule has 0 spiro atoms. The first-order valence-corrected chi connectivity index (χ1v) is 5.98. The molecule has 0 aromatic carbocycles. The second kappa shape index (κ2) is 4.12. The molecule has 2 saturated heterocycles. The number of ether oxygens (including phenoxy) is 1. The van der Waals surface area contributed by atoms with Crippen molar-refractivity contribution >= 4 is 0 Å². The Hall–Kier alpha value is -1.30. The first-order valence-electron chi connectivity index (χ1n) is 5.98. The quantitative estimate of drug-likeness (QED) is 0.884. The van der Waals surface area contributed by atoms with E-state index in [1.165, 1.54) is 6.07 Å². The summed E-state index contributed by atoms with van der Waals surface area (Å²) in [7, 11) is 0. The van der Waals surface area contributed by atoms with Crippen molar-refractivity contribution in [3.63, 3.8) is 0 Å². The predicted octanol–water partition coefficient (Wildman–Crippen LogP) is 2.37. The van der Waals surface area contributed by atoms with Gasteiger partial charge in [-0.2, -0.15) is 13.2 Å². The highest BCUT2D eigenvalue weighted by atomic mass is 19.4. The van der Waals surface area contributed by atoms with Crippen LogP contribution in [-0.2, 0) is 6.18 Å². The highest BCUT2D eigenvalue weighted by Gasteiger charge is 2.40. The SMILES string of the molecule is FC(F)(F)c1ccc(OC2CC3CCC2N3)nc1. The Morgan fingerprint density at radius 2 is 2.11 bits per heavy atom. The van der Waals surface area contributed by atoms with Gasteiger partial charge < -0.3 is 10.1 Å². The molecule has 2 aliphatic rings. The number of nitrogens with zero attached hydrogens (tertiary/aromatic N) is 1. The molecule has 18 heavy (non-hydrogen) atoms. The summed E-state index contributed by atoms with van der Waals surface area (Å²) in [6.45, 7) is 0. The molecule has 98 valence electrons. The monoisotopic (exact) mass is 258 g/mol. The van der Waals surface area contributed by atoms with Gasteiger partial charge in [0.1, 0.15) is 6.10 Å². The molecule has 3 nitrogen and oxygen atoms in total. The Balaban J connectivity index is 1.67. The Labute approximate surface area is 102 Å². The maximum absolute atomic E-state index is 12.4. The van der Waals surface area contributed by atoms with E-state index in [9.17, 15) is 13.2 Å². The molecule has 6 heteroatoms. The van der Waals surface area contributed by atoms with Crippen LogP contribution in [0.2, 0.25) is 0 Å². The second-order valence-corrected chi connectivity index (χ2v) is 4.82. The lowest BCUT2D eigenvalue weighted by molar-refractivity contribution is -0.137. The average Bonchev–Trinajstić information content (AvgIpc) is 2.90. The first-order chi connectivity index (χ1) is 8.52. The van der Waals surface area contributed by atoms with Crippen molar-refractivity contribution in [1.29, 1.82) is 0 Å². The maximum Gasteiger partial charge on any atom is 0.417 e. The summed E-state index contributed by atoms with van der Waals surface area (Å²) in [5, 5.41) is 3.40. The fourth-order valence-corrected chi connectivity index (χ4v) is 2.68. The number of halogens is 3. The fraction of sp³-hybridized carbons (Fsp3) is 0.583. The number of fused-ring (bicyclic) bond motifs is 2. The molecule has 3 atom stereocenters. The van der Waals surface area contributed by atoms with Gasteiger partial charge in [-0.25, -0.2) is 4.98 Å². The zero-order chi connectivity index (χ0) is 12.8. The van der Waals surface area contributed by atoms with E-state index >= 15 is 0 Å². The van der Waals surface area contributed by atoms with Gasteiger partial charge in [0.2, 0.25) is 5.88 Å². The second-order valence-electron chi connectivity index (χ2n) is 4.82. The highest BCUT2D eigenvalue weighted by molar-refractivity contribution is 5.20. The Morgan fingerprint density at radius 3 is 2.61 bits per heavy atom. The minimum Gasteiger partial charge on any atom is -0.473 e. The number of hydrogen-bond acceptors (Lipinski definition) is 3. The minimum atomic E-state index is -4.35. The maximum atomic E-state index is 12.4. The smallest absolute Gasteiger partial charge is 0.417 e. The van der Waals surface area contributed by atoms with Crippen LogP contribution in [-0.4, -0.2) is 23.2 Å². The molecule has 1 N–H and O–H groups in total. The van der Waals surface area contributed by atoms with Crippen molar-refractivity contribution in [3.05, 3.63) is 23.9 Å². The van der Waals surface area contributed by atoms with Crippen molar-refractivity contribution in [3.8, 4) is 5.88 Å². The molecule has 0 saturated carbocycles. The van der Waals surface area contributed by atoms with Crippen LogP contribution in [0.1, 0.15) is 24.8 Å². The van der Waals surface area contributed by atoms with Gasteiger partial charge in [0.05, 0.1) is 5.56 Å². The molecule has 2 fully saturated rings. The van der Waals surface area contributed by atoms with Crippen LogP contribution in [0.25, 0.3) is 0 Å².